The summed E-state index contributed by atoms with van der Waals surface area (Å²) in [4.78, 5) is 0. The van der Waals surface area contributed by atoms with E-state index in [9.17, 15) is 5.11 Å². The maximum atomic E-state index is 9.32. The van der Waals surface area contributed by atoms with Gasteiger partial charge in [0.05, 0.1) is 16.8 Å². The minimum Gasteiger partial charge on any atom is -0.391 e. The summed E-state index contributed by atoms with van der Waals surface area (Å²) in [7, 11) is 1.91. The summed E-state index contributed by atoms with van der Waals surface area (Å²) in [6.45, 7) is 1.96. The van der Waals surface area contributed by atoms with Gasteiger partial charge in [0.2, 0.25) is 0 Å². The monoisotopic (exact) mass is 264 g/mol. The third kappa shape index (κ3) is 3.32. The van der Waals surface area contributed by atoms with Crippen molar-refractivity contribution in [3.63, 3.8) is 0 Å². The molecule has 0 aliphatic heterocycles. The van der Waals surface area contributed by atoms with Gasteiger partial charge >= 0.3 is 0 Å². The fourth-order valence-corrected chi connectivity index (χ4v) is 2.44. The first-order valence-corrected chi connectivity index (χ1v) is 6.11. The van der Waals surface area contributed by atoms with Crippen LogP contribution in [0.15, 0.2) is 11.1 Å². The first-order valence-electron chi connectivity index (χ1n) is 4.01. The second-order valence-corrected chi connectivity index (χ2v) is 4.55. The number of alkyl halides is 1. The smallest absolute Gasteiger partial charge is 0.0940 e. The van der Waals surface area contributed by atoms with Gasteiger partial charge in [-0.25, -0.2) is 0 Å². The number of thioether (sulfide) groups is 1. The molecule has 1 N–H and O–H groups in total. The maximum Gasteiger partial charge on any atom is 0.0940 e. The standard InChI is InChI=1S/C8H13BrN2OS/c1-6-3-8(11(2)10-6)13-5-7(12)4-9/h3,7,12H,4-5H2,1-2H3. The van der Waals surface area contributed by atoms with Gasteiger partial charge in [0.25, 0.3) is 0 Å². The second-order valence-electron chi connectivity index (χ2n) is 2.87. The van der Waals surface area contributed by atoms with E-state index < -0.39 is 0 Å². The van der Waals surface area contributed by atoms with E-state index in [4.69, 9.17) is 0 Å². The van der Waals surface area contributed by atoms with Crippen molar-refractivity contribution in [1.29, 1.82) is 0 Å². The van der Waals surface area contributed by atoms with E-state index in [0.717, 1.165) is 10.7 Å². The molecule has 0 bridgehead atoms. The molecule has 13 heavy (non-hydrogen) atoms. The van der Waals surface area contributed by atoms with Crippen LogP contribution >= 0.6 is 27.7 Å². The average molecular weight is 265 g/mol. The van der Waals surface area contributed by atoms with Crippen LogP contribution in [-0.4, -0.2) is 32.1 Å². The predicted molar refractivity (Wildman–Crippen MR) is 58.5 cm³/mol. The molecule has 1 rings (SSSR count). The number of nitrogens with zero attached hydrogens (tertiary/aromatic N) is 2. The molecular weight excluding hydrogens is 252 g/mol. The lowest BCUT2D eigenvalue weighted by Crippen LogP contribution is -2.11. The lowest BCUT2D eigenvalue weighted by Gasteiger charge is -2.05. The molecule has 74 valence electrons. The second kappa shape index (κ2) is 5.02. The third-order valence-corrected chi connectivity index (χ3v) is 3.54. The molecule has 1 aromatic rings. The van der Waals surface area contributed by atoms with Gasteiger partial charge in [0, 0.05) is 18.1 Å². The normalized spacial score (nSPS) is 13.2. The summed E-state index contributed by atoms with van der Waals surface area (Å²) in [5.74, 6) is 0.699. The van der Waals surface area contributed by atoms with Crippen LogP contribution in [0.25, 0.3) is 0 Å². The van der Waals surface area contributed by atoms with Crippen molar-refractivity contribution in [3.8, 4) is 0 Å². The zero-order valence-corrected chi connectivity index (χ0v) is 10.1. The number of halogens is 1. The molecule has 5 heteroatoms. The SMILES string of the molecule is Cc1cc(SCC(O)CBr)n(C)n1. The van der Waals surface area contributed by atoms with E-state index in [-0.39, 0.29) is 6.10 Å². The van der Waals surface area contributed by atoms with E-state index >= 15 is 0 Å². The number of aryl methyl sites for hydroxylation is 2. The zero-order chi connectivity index (χ0) is 9.84. The van der Waals surface area contributed by atoms with E-state index in [1.165, 1.54) is 0 Å². The van der Waals surface area contributed by atoms with Gasteiger partial charge in [-0.15, -0.1) is 11.8 Å². The van der Waals surface area contributed by atoms with Gasteiger partial charge in [-0.3, -0.25) is 4.68 Å². The van der Waals surface area contributed by atoms with Crippen LogP contribution < -0.4 is 0 Å². The molecule has 0 aliphatic carbocycles. The predicted octanol–water partition coefficient (Wildman–Crippen LogP) is 1.58. The quantitative estimate of drug-likeness (QED) is 0.663. The fraction of sp³-hybridized carbons (Fsp3) is 0.625. The summed E-state index contributed by atoms with van der Waals surface area (Å²) in [5, 5.41) is 15.3. The fourth-order valence-electron chi connectivity index (χ4n) is 0.948. The molecule has 0 aliphatic rings. The molecular formula is C8H13BrN2OS. The maximum absolute atomic E-state index is 9.32. The van der Waals surface area contributed by atoms with Gasteiger partial charge in [-0.1, -0.05) is 15.9 Å². The van der Waals surface area contributed by atoms with Crippen molar-refractivity contribution in [3.05, 3.63) is 11.8 Å². The number of rotatable bonds is 4. The molecule has 1 heterocycles. The van der Waals surface area contributed by atoms with Crippen LogP contribution in [-0.2, 0) is 7.05 Å². The Morgan fingerprint density at radius 3 is 2.92 bits per heavy atom. The summed E-state index contributed by atoms with van der Waals surface area (Å²) in [5.41, 5.74) is 1.01. The van der Waals surface area contributed by atoms with Crippen molar-refractivity contribution >= 4 is 27.7 Å². The van der Waals surface area contributed by atoms with Crippen LogP contribution in [0.4, 0.5) is 0 Å². The Kier molecular flexibility index (Phi) is 4.28. The van der Waals surface area contributed by atoms with Crippen molar-refractivity contribution in [2.45, 2.75) is 18.1 Å². The Bertz CT molecular complexity index is 277. The lowest BCUT2D eigenvalue weighted by molar-refractivity contribution is 0.226. The number of aliphatic hydroxyl groups excluding tert-OH is 1. The lowest BCUT2D eigenvalue weighted by atomic mass is 10.5. The topological polar surface area (TPSA) is 38.0 Å². The van der Waals surface area contributed by atoms with Crippen LogP contribution in [0, 0.1) is 6.92 Å². The molecule has 0 saturated heterocycles. The minimum atomic E-state index is -0.291. The Balaban J connectivity index is 2.49. The van der Waals surface area contributed by atoms with Crippen molar-refractivity contribution in [2.75, 3.05) is 11.1 Å². The zero-order valence-electron chi connectivity index (χ0n) is 7.70. The highest BCUT2D eigenvalue weighted by atomic mass is 79.9. The Morgan fingerprint density at radius 1 is 1.77 bits per heavy atom. The van der Waals surface area contributed by atoms with Gasteiger partial charge < -0.3 is 5.11 Å². The number of aliphatic hydroxyl groups is 1. The number of hydrogen-bond acceptors (Lipinski definition) is 3. The van der Waals surface area contributed by atoms with Crippen molar-refractivity contribution in [1.82, 2.24) is 9.78 Å². The van der Waals surface area contributed by atoms with Crippen LogP contribution in [0.2, 0.25) is 0 Å². The Hall–Kier alpha value is -0.000000000000000111. The molecule has 0 spiro atoms. The van der Waals surface area contributed by atoms with E-state index in [0.29, 0.717) is 11.1 Å². The number of aromatic nitrogens is 2. The van der Waals surface area contributed by atoms with Gasteiger partial charge in [-0.05, 0) is 13.0 Å². The molecule has 0 saturated carbocycles. The van der Waals surface area contributed by atoms with E-state index in [1.807, 2.05) is 24.7 Å². The Labute approximate surface area is 90.6 Å². The van der Waals surface area contributed by atoms with Crippen LogP contribution in [0.3, 0.4) is 0 Å². The van der Waals surface area contributed by atoms with Gasteiger partial charge in [0.1, 0.15) is 0 Å². The first-order chi connectivity index (χ1) is 6.13. The summed E-state index contributed by atoms with van der Waals surface area (Å²) in [6, 6.07) is 2.02. The van der Waals surface area contributed by atoms with Crippen molar-refractivity contribution in [2.24, 2.45) is 7.05 Å². The molecule has 0 fully saturated rings. The van der Waals surface area contributed by atoms with Crippen LogP contribution in [0.1, 0.15) is 5.69 Å². The third-order valence-electron chi connectivity index (χ3n) is 1.56. The molecule has 1 atom stereocenters. The molecule has 0 aromatic carbocycles. The molecule has 1 unspecified atom stereocenters. The average Bonchev–Trinajstić information content (AvgIpc) is 2.41. The van der Waals surface area contributed by atoms with E-state index in [2.05, 4.69) is 21.0 Å². The van der Waals surface area contributed by atoms with E-state index in [1.54, 1.807) is 11.8 Å². The molecule has 0 radical (unpaired) electrons. The van der Waals surface area contributed by atoms with Gasteiger partial charge in [0.15, 0.2) is 0 Å². The molecule has 1 aromatic heterocycles. The van der Waals surface area contributed by atoms with Crippen LogP contribution in [0.5, 0.6) is 0 Å². The summed E-state index contributed by atoms with van der Waals surface area (Å²) < 4.78 is 1.83. The minimum absolute atomic E-state index is 0.291. The summed E-state index contributed by atoms with van der Waals surface area (Å²) >= 11 is 4.85. The van der Waals surface area contributed by atoms with Gasteiger partial charge in [-0.2, -0.15) is 5.10 Å². The highest BCUT2D eigenvalue weighted by Gasteiger charge is 2.06. The van der Waals surface area contributed by atoms with Crippen molar-refractivity contribution < 1.29 is 5.11 Å². The number of hydrogen-bond donors (Lipinski definition) is 1. The largest absolute Gasteiger partial charge is 0.391 e. The Morgan fingerprint density at radius 2 is 2.46 bits per heavy atom. The first kappa shape index (κ1) is 11.1. The molecule has 0 amide bonds. The highest BCUT2D eigenvalue weighted by molar-refractivity contribution is 9.09. The summed E-state index contributed by atoms with van der Waals surface area (Å²) in [6.07, 6.45) is -0.291. The molecule has 3 nitrogen and oxygen atoms in total. The highest BCUT2D eigenvalue weighted by Crippen LogP contribution is 2.19.